The molecule has 1 aromatic carbocycles. The van der Waals surface area contributed by atoms with Crippen LogP contribution in [-0.4, -0.2) is 33.4 Å². The van der Waals surface area contributed by atoms with Crippen molar-refractivity contribution in [2.24, 2.45) is 0 Å². The van der Waals surface area contributed by atoms with Crippen LogP contribution in [0.25, 0.3) is 0 Å². The van der Waals surface area contributed by atoms with Crippen LogP contribution in [0.1, 0.15) is 19.4 Å². The van der Waals surface area contributed by atoms with Gasteiger partial charge in [0.15, 0.2) is 0 Å². The van der Waals surface area contributed by atoms with Crippen LogP contribution in [0.15, 0.2) is 22.7 Å². The van der Waals surface area contributed by atoms with Gasteiger partial charge >= 0.3 is 0 Å². The van der Waals surface area contributed by atoms with Gasteiger partial charge in [0.05, 0.1) is 6.61 Å². The first kappa shape index (κ1) is 15.5. The van der Waals surface area contributed by atoms with E-state index in [0.717, 1.165) is 24.2 Å². The maximum atomic E-state index is 5.24. The highest BCUT2D eigenvalue weighted by atomic mass is 79.9. The zero-order valence-corrected chi connectivity index (χ0v) is 13.3. The molecule has 0 spiro atoms. The average Bonchev–Trinajstić information content (AvgIpc) is 2.34. The summed E-state index contributed by atoms with van der Waals surface area (Å²) in [5, 5.41) is 3.17. The first-order valence-corrected chi connectivity index (χ1v) is 7.11. The first-order valence-electron chi connectivity index (χ1n) is 6.32. The topological polar surface area (TPSA) is 24.5 Å². The zero-order valence-electron chi connectivity index (χ0n) is 11.7. The summed E-state index contributed by atoms with van der Waals surface area (Å²) in [6.07, 6.45) is 0. The van der Waals surface area contributed by atoms with E-state index in [-0.39, 0.29) is 0 Å². The van der Waals surface area contributed by atoms with Crippen LogP contribution in [0, 0.1) is 0 Å². The van der Waals surface area contributed by atoms with Crippen molar-refractivity contribution in [1.82, 2.24) is 5.32 Å². The smallest absolute Gasteiger partial charge is 0.0663 e. The minimum absolute atomic E-state index is 0.377. The average molecular weight is 315 g/mol. The fraction of sp³-hybridized carbons (Fsp3) is 0.571. The summed E-state index contributed by atoms with van der Waals surface area (Å²) in [5.74, 6) is 0. The number of anilines is 1. The van der Waals surface area contributed by atoms with Crippen molar-refractivity contribution in [3.63, 3.8) is 0 Å². The van der Waals surface area contributed by atoms with Crippen molar-refractivity contribution in [3.05, 3.63) is 28.2 Å². The Morgan fingerprint density at radius 2 is 2.17 bits per heavy atom. The maximum Gasteiger partial charge on any atom is 0.0663 e. The summed E-state index contributed by atoms with van der Waals surface area (Å²) in [4.78, 5) is 2.34. The number of hydrogen-bond donors (Lipinski definition) is 1. The number of halogens is 1. The molecular formula is C14H23BrN2O. The second-order valence-corrected chi connectivity index (χ2v) is 5.25. The largest absolute Gasteiger partial charge is 0.383 e. The van der Waals surface area contributed by atoms with Gasteiger partial charge in [-0.2, -0.15) is 0 Å². The molecule has 1 atom stereocenters. The highest BCUT2D eigenvalue weighted by Crippen LogP contribution is 2.25. The van der Waals surface area contributed by atoms with Gasteiger partial charge in [-0.1, -0.05) is 22.0 Å². The van der Waals surface area contributed by atoms with Gasteiger partial charge in [0, 0.05) is 36.4 Å². The van der Waals surface area contributed by atoms with Crippen molar-refractivity contribution in [3.8, 4) is 0 Å². The van der Waals surface area contributed by atoms with E-state index in [4.69, 9.17) is 4.74 Å². The molecule has 1 aromatic rings. The SMILES string of the molecule is CCN(c1ccc(CNC)c(Br)c1)C(C)COC. The third-order valence-electron chi connectivity index (χ3n) is 3.02. The molecule has 0 saturated carbocycles. The number of benzene rings is 1. The number of ether oxygens (including phenoxy) is 1. The number of methoxy groups -OCH3 is 1. The van der Waals surface area contributed by atoms with Crippen molar-refractivity contribution in [2.45, 2.75) is 26.4 Å². The van der Waals surface area contributed by atoms with Gasteiger partial charge in [-0.05, 0) is 38.6 Å². The minimum Gasteiger partial charge on any atom is -0.383 e. The molecule has 4 heteroatoms. The number of rotatable bonds is 7. The van der Waals surface area contributed by atoms with E-state index in [9.17, 15) is 0 Å². The second kappa shape index (κ2) is 7.77. The highest BCUT2D eigenvalue weighted by Gasteiger charge is 2.13. The lowest BCUT2D eigenvalue weighted by Gasteiger charge is -2.30. The molecular weight excluding hydrogens is 292 g/mol. The Morgan fingerprint density at radius 1 is 1.44 bits per heavy atom. The minimum atomic E-state index is 0.377. The van der Waals surface area contributed by atoms with E-state index >= 15 is 0 Å². The van der Waals surface area contributed by atoms with Crippen molar-refractivity contribution < 1.29 is 4.74 Å². The molecule has 0 aliphatic carbocycles. The number of nitrogens with one attached hydrogen (secondary N) is 1. The third kappa shape index (κ3) is 3.97. The summed E-state index contributed by atoms with van der Waals surface area (Å²) in [6.45, 7) is 6.94. The van der Waals surface area contributed by atoms with Gasteiger partial charge < -0.3 is 15.0 Å². The van der Waals surface area contributed by atoms with E-state index in [1.807, 2.05) is 7.05 Å². The standard InChI is InChI=1S/C14H23BrN2O/c1-5-17(11(2)10-18-4)13-7-6-12(9-16-3)14(15)8-13/h6-8,11,16H,5,9-10H2,1-4H3. The summed E-state index contributed by atoms with van der Waals surface area (Å²) >= 11 is 3.64. The number of likely N-dealkylation sites (N-methyl/N-ethyl adjacent to an activating group) is 1. The van der Waals surface area contributed by atoms with E-state index in [1.54, 1.807) is 7.11 Å². The van der Waals surface area contributed by atoms with E-state index in [0.29, 0.717) is 6.04 Å². The Kier molecular flexibility index (Phi) is 6.68. The molecule has 0 aliphatic heterocycles. The predicted octanol–water partition coefficient (Wildman–Crippen LogP) is 3.03. The molecule has 1 rings (SSSR count). The summed E-state index contributed by atoms with van der Waals surface area (Å²) in [7, 11) is 3.70. The molecule has 18 heavy (non-hydrogen) atoms. The molecule has 102 valence electrons. The van der Waals surface area contributed by atoms with Gasteiger partial charge in [0.1, 0.15) is 0 Å². The normalized spacial score (nSPS) is 12.5. The predicted molar refractivity (Wildman–Crippen MR) is 81.3 cm³/mol. The van der Waals surface area contributed by atoms with Crippen LogP contribution in [0.4, 0.5) is 5.69 Å². The van der Waals surface area contributed by atoms with Gasteiger partial charge in [-0.15, -0.1) is 0 Å². The first-order chi connectivity index (χ1) is 8.63. The van der Waals surface area contributed by atoms with E-state index in [2.05, 4.69) is 58.2 Å². The van der Waals surface area contributed by atoms with Crippen molar-refractivity contribution >= 4 is 21.6 Å². The Labute approximate surface area is 119 Å². The van der Waals surface area contributed by atoms with Gasteiger partial charge in [-0.25, -0.2) is 0 Å². The molecule has 0 amide bonds. The fourth-order valence-electron chi connectivity index (χ4n) is 2.13. The molecule has 0 heterocycles. The second-order valence-electron chi connectivity index (χ2n) is 4.40. The van der Waals surface area contributed by atoms with Crippen LogP contribution in [0.2, 0.25) is 0 Å². The van der Waals surface area contributed by atoms with Gasteiger partial charge in [0.25, 0.3) is 0 Å². The molecule has 3 nitrogen and oxygen atoms in total. The number of hydrogen-bond acceptors (Lipinski definition) is 3. The van der Waals surface area contributed by atoms with Gasteiger partial charge in [-0.3, -0.25) is 0 Å². The van der Waals surface area contributed by atoms with Crippen LogP contribution in [-0.2, 0) is 11.3 Å². The lowest BCUT2D eigenvalue weighted by Crippen LogP contribution is -2.36. The Hall–Kier alpha value is -0.580. The molecule has 1 N–H and O–H groups in total. The molecule has 1 unspecified atom stereocenters. The van der Waals surface area contributed by atoms with Crippen LogP contribution < -0.4 is 10.2 Å². The van der Waals surface area contributed by atoms with Crippen LogP contribution in [0.3, 0.4) is 0 Å². The van der Waals surface area contributed by atoms with E-state index < -0.39 is 0 Å². The molecule has 0 saturated heterocycles. The Balaban J connectivity index is 2.90. The molecule has 0 radical (unpaired) electrons. The molecule has 0 aromatic heterocycles. The molecule has 0 bridgehead atoms. The molecule has 0 aliphatic rings. The maximum absolute atomic E-state index is 5.24. The fourth-order valence-corrected chi connectivity index (χ4v) is 2.64. The number of nitrogens with zero attached hydrogens (tertiary/aromatic N) is 1. The monoisotopic (exact) mass is 314 g/mol. The molecule has 0 fully saturated rings. The van der Waals surface area contributed by atoms with Gasteiger partial charge in [0.2, 0.25) is 0 Å². The summed E-state index contributed by atoms with van der Waals surface area (Å²) < 4.78 is 6.39. The van der Waals surface area contributed by atoms with Crippen molar-refractivity contribution in [2.75, 3.05) is 32.2 Å². The summed E-state index contributed by atoms with van der Waals surface area (Å²) in [5.41, 5.74) is 2.51. The Morgan fingerprint density at radius 3 is 2.67 bits per heavy atom. The van der Waals surface area contributed by atoms with Crippen LogP contribution >= 0.6 is 15.9 Å². The van der Waals surface area contributed by atoms with E-state index in [1.165, 1.54) is 11.3 Å². The lowest BCUT2D eigenvalue weighted by molar-refractivity contribution is 0.182. The zero-order chi connectivity index (χ0) is 13.5. The summed E-state index contributed by atoms with van der Waals surface area (Å²) in [6, 6.07) is 6.90. The highest BCUT2D eigenvalue weighted by molar-refractivity contribution is 9.10. The van der Waals surface area contributed by atoms with Crippen molar-refractivity contribution in [1.29, 1.82) is 0 Å². The quantitative estimate of drug-likeness (QED) is 0.837. The van der Waals surface area contributed by atoms with Crippen LogP contribution in [0.5, 0.6) is 0 Å². The Bertz CT molecular complexity index is 371. The third-order valence-corrected chi connectivity index (χ3v) is 3.75. The lowest BCUT2D eigenvalue weighted by atomic mass is 10.1.